The summed E-state index contributed by atoms with van der Waals surface area (Å²) in [4.78, 5) is 0. The molecular weight excluding hydrogens is 227 g/mol. The van der Waals surface area contributed by atoms with Crippen LogP contribution in [0.1, 0.15) is 63.0 Å². The van der Waals surface area contributed by atoms with Crippen molar-refractivity contribution in [2.75, 3.05) is 0 Å². The van der Waals surface area contributed by atoms with Crippen molar-refractivity contribution < 1.29 is 9.50 Å². The number of aryl methyl sites for hydroxylation is 1. The van der Waals surface area contributed by atoms with Gasteiger partial charge in [-0.25, -0.2) is 4.39 Å². The van der Waals surface area contributed by atoms with Crippen LogP contribution in [0.25, 0.3) is 0 Å². The quantitative estimate of drug-likeness (QED) is 0.745. The van der Waals surface area contributed by atoms with Gasteiger partial charge >= 0.3 is 0 Å². The summed E-state index contributed by atoms with van der Waals surface area (Å²) in [6, 6.07) is 4.81. The van der Waals surface area contributed by atoms with Gasteiger partial charge in [-0.15, -0.1) is 0 Å². The zero-order valence-electron chi connectivity index (χ0n) is 11.2. The summed E-state index contributed by atoms with van der Waals surface area (Å²) < 4.78 is 13.1. The zero-order valence-corrected chi connectivity index (χ0v) is 11.2. The summed E-state index contributed by atoms with van der Waals surface area (Å²) in [6.45, 7) is 2.20. The molecule has 100 valence electrons. The lowest BCUT2D eigenvalue weighted by Crippen LogP contribution is -2.22. The molecule has 18 heavy (non-hydrogen) atoms. The Morgan fingerprint density at radius 1 is 1.22 bits per heavy atom. The fourth-order valence-electron chi connectivity index (χ4n) is 2.98. The first-order chi connectivity index (χ1) is 8.65. The molecule has 2 heteroatoms. The van der Waals surface area contributed by atoms with Crippen LogP contribution in [0.15, 0.2) is 18.2 Å². The predicted octanol–water partition coefficient (Wildman–Crippen LogP) is 4.32. The average Bonchev–Trinajstić information content (AvgIpc) is 2.67. The summed E-state index contributed by atoms with van der Waals surface area (Å²) in [5.74, 6) is -0.194. The minimum Gasteiger partial charge on any atom is -0.385 e. The standard InChI is InChI=1S/C16H23FO/c1-2-3-4-5-6-10-16(18)11-9-13-12-14(17)7-8-15(13)16/h7-8,12,18H,2-6,9-11H2,1H3. The third-order valence-electron chi connectivity index (χ3n) is 4.07. The van der Waals surface area contributed by atoms with E-state index in [1.807, 2.05) is 0 Å². The molecule has 0 radical (unpaired) electrons. The first-order valence-corrected chi connectivity index (χ1v) is 7.17. The summed E-state index contributed by atoms with van der Waals surface area (Å²) in [6.07, 6.45) is 8.39. The molecule has 1 atom stereocenters. The Morgan fingerprint density at radius 2 is 2.00 bits per heavy atom. The van der Waals surface area contributed by atoms with E-state index in [0.29, 0.717) is 0 Å². The molecule has 0 heterocycles. The number of unbranched alkanes of at least 4 members (excludes halogenated alkanes) is 4. The lowest BCUT2D eigenvalue weighted by Gasteiger charge is -2.24. The Labute approximate surface area is 109 Å². The Balaban J connectivity index is 1.93. The summed E-state index contributed by atoms with van der Waals surface area (Å²) >= 11 is 0. The maximum absolute atomic E-state index is 13.1. The van der Waals surface area contributed by atoms with Crippen molar-refractivity contribution in [1.82, 2.24) is 0 Å². The minimum atomic E-state index is -0.699. The number of hydrogen-bond acceptors (Lipinski definition) is 1. The van der Waals surface area contributed by atoms with E-state index in [9.17, 15) is 9.50 Å². The van der Waals surface area contributed by atoms with Gasteiger partial charge in [-0.3, -0.25) is 0 Å². The van der Waals surface area contributed by atoms with Crippen molar-refractivity contribution in [2.24, 2.45) is 0 Å². The van der Waals surface area contributed by atoms with Crippen LogP contribution < -0.4 is 0 Å². The molecular formula is C16H23FO. The van der Waals surface area contributed by atoms with Gasteiger partial charge in [0.1, 0.15) is 5.82 Å². The van der Waals surface area contributed by atoms with Crippen LogP contribution in [0.3, 0.4) is 0 Å². The second-order valence-corrected chi connectivity index (χ2v) is 5.50. The summed E-state index contributed by atoms with van der Waals surface area (Å²) in [5.41, 5.74) is 1.25. The topological polar surface area (TPSA) is 20.2 Å². The van der Waals surface area contributed by atoms with Crippen LogP contribution in [0.2, 0.25) is 0 Å². The van der Waals surface area contributed by atoms with Crippen molar-refractivity contribution in [2.45, 2.75) is 63.9 Å². The first kappa shape index (κ1) is 13.5. The highest BCUT2D eigenvalue weighted by Crippen LogP contribution is 2.40. The van der Waals surface area contributed by atoms with E-state index < -0.39 is 5.60 Å². The first-order valence-electron chi connectivity index (χ1n) is 7.17. The number of hydrogen-bond donors (Lipinski definition) is 1. The third-order valence-corrected chi connectivity index (χ3v) is 4.07. The maximum atomic E-state index is 13.1. The average molecular weight is 250 g/mol. The molecule has 0 bridgehead atoms. The molecule has 0 aromatic heterocycles. The molecule has 1 aromatic rings. The van der Waals surface area contributed by atoms with Gasteiger partial charge in [0.25, 0.3) is 0 Å². The van der Waals surface area contributed by atoms with Crippen LogP contribution in [0.4, 0.5) is 4.39 Å². The second kappa shape index (κ2) is 5.83. The van der Waals surface area contributed by atoms with E-state index >= 15 is 0 Å². The minimum absolute atomic E-state index is 0.194. The Morgan fingerprint density at radius 3 is 2.78 bits per heavy atom. The van der Waals surface area contributed by atoms with E-state index in [2.05, 4.69) is 6.92 Å². The van der Waals surface area contributed by atoms with Crippen molar-refractivity contribution in [3.63, 3.8) is 0 Å². The van der Waals surface area contributed by atoms with Crippen LogP contribution in [0.5, 0.6) is 0 Å². The van der Waals surface area contributed by atoms with Gasteiger partial charge in [0.05, 0.1) is 5.60 Å². The second-order valence-electron chi connectivity index (χ2n) is 5.50. The van der Waals surface area contributed by atoms with E-state index in [1.165, 1.54) is 31.7 Å². The molecule has 1 N–H and O–H groups in total. The van der Waals surface area contributed by atoms with Crippen molar-refractivity contribution in [1.29, 1.82) is 0 Å². The van der Waals surface area contributed by atoms with Gasteiger partial charge < -0.3 is 5.11 Å². The maximum Gasteiger partial charge on any atom is 0.123 e. The van der Waals surface area contributed by atoms with Gasteiger partial charge in [-0.1, -0.05) is 45.1 Å². The molecule has 0 spiro atoms. The Kier molecular flexibility index (Phi) is 4.39. The van der Waals surface area contributed by atoms with Crippen LogP contribution in [0, 0.1) is 5.82 Å². The molecule has 2 rings (SSSR count). The molecule has 1 aliphatic rings. The summed E-state index contributed by atoms with van der Waals surface area (Å²) in [7, 11) is 0. The number of benzene rings is 1. The van der Waals surface area contributed by atoms with Crippen LogP contribution >= 0.6 is 0 Å². The number of rotatable bonds is 6. The van der Waals surface area contributed by atoms with Crippen molar-refractivity contribution >= 4 is 0 Å². The highest BCUT2D eigenvalue weighted by atomic mass is 19.1. The van der Waals surface area contributed by atoms with E-state index in [1.54, 1.807) is 12.1 Å². The van der Waals surface area contributed by atoms with Gasteiger partial charge in [0, 0.05) is 0 Å². The molecule has 0 fully saturated rings. The molecule has 1 aromatic carbocycles. The van der Waals surface area contributed by atoms with Gasteiger partial charge in [0.15, 0.2) is 0 Å². The van der Waals surface area contributed by atoms with E-state index in [0.717, 1.165) is 36.8 Å². The Hall–Kier alpha value is -0.890. The third kappa shape index (κ3) is 2.92. The molecule has 1 unspecified atom stereocenters. The Bertz CT molecular complexity index is 402. The zero-order chi connectivity index (χ0) is 13.0. The molecule has 0 aliphatic heterocycles. The molecule has 1 aliphatic carbocycles. The number of halogens is 1. The largest absolute Gasteiger partial charge is 0.385 e. The van der Waals surface area contributed by atoms with E-state index in [-0.39, 0.29) is 5.82 Å². The smallest absolute Gasteiger partial charge is 0.123 e. The number of aliphatic hydroxyl groups is 1. The normalized spacial score (nSPS) is 22.2. The van der Waals surface area contributed by atoms with Crippen molar-refractivity contribution in [3.8, 4) is 0 Å². The highest BCUT2D eigenvalue weighted by molar-refractivity contribution is 5.37. The predicted molar refractivity (Wildman–Crippen MR) is 72.0 cm³/mol. The van der Waals surface area contributed by atoms with E-state index in [4.69, 9.17) is 0 Å². The van der Waals surface area contributed by atoms with Gasteiger partial charge in [-0.05, 0) is 42.5 Å². The molecule has 0 amide bonds. The lowest BCUT2D eigenvalue weighted by molar-refractivity contribution is 0.0267. The SMILES string of the molecule is CCCCCCCC1(O)CCc2cc(F)ccc21. The monoisotopic (exact) mass is 250 g/mol. The highest BCUT2D eigenvalue weighted by Gasteiger charge is 2.35. The van der Waals surface area contributed by atoms with Crippen LogP contribution in [-0.2, 0) is 12.0 Å². The molecule has 0 saturated heterocycles. The number of fused-ring (bicyclic) bond motifs is 1. The molecule has 0 saturated carbocycles. The van der Waals surface area contributed by atoms with Gasteiger partial charge in [-0.2, -0.15) is 0 Å². The van der Waals surface area contributed by atoms with Gasteiger partial charge in [0.2, 0.25) is 0 Å². The lowest BCUT2D eigenvalue weighted by atomic mass is 9.90. The fourth-order valence-corrected chi connectivity index (χ4v) is 2.98. The van der Waals surface area contributed by atoms with Crippen molar-refractivity contribution in [3.05, 3.63) is 35.1 Å². The molecule has 1 nitrogen and oxygen atoms in total. The summed E-state index contributed by atoms with van der Waals surface area (Å²) in [5, 5.41) is 10.7. The van der Waals surface area contributed by atoms with Crippen LogP contribution in [-0.4, -0.2) is 5.11 Å². The fraction of sp³-hybridized carbons (Fsp3) is 0.625.